The summed E-state index contributed by atoms with van der Waals surface area (Å²) in [5.41, 5.74) is 1.68. The fourth-order valence-electron chi connectivity index (χ4n) is 3.15. The Kier molecular flexibility index (Phi) is 7.88. The van der Waals surface area contributed by atoms with E-state index in [1.807, 2.05) is 47.8 Å². The minimum atomic E-state index is -0.820. The van der Waals surface area contributed by atoms with Crippen molar-refractivity contribution in [2.75, 3.05) is 24.4 Å². The molecule has 0 radical (unpaired) electrons. The molecule has 0 fully saturated rings. The van der Waals surface area contributed by atoms with Crippen LogP contribution in [-0.4, -0.2) is 31.3 Å². The molecule has 2 aromatic carbocycles. The van der Waals surface area contributed by atoms with Gasteiger partial charge in [0.1, 0.15) is 17.7 Å². The van der Waals surface area contributed by atoms with Crippen molar-refractivity contribution in [3.63, 3.8) is 0 Å². The van der Waals surface area contributed by atoms with Crippen LogP contribution in [0.1, 0.15) is 16.5 Å². The lowest BCUT2D eigenvalue weighted by molar-refractivity contribution is -0.125. The van der Waals surface area contributed by atoms with Crippen LogP contribution in [0.25, 0.3) is 0 Å². The molecule has 1 atom stereocenters. The standard InChI is InChI=1S/C23H23ClN2O3S/c1-29-19-10-5-9-18(15-19)26(21(27)16-24)22(20-11-6-14-30-20)23(28)25-13-12-17-7-3-2-4-8-17/h2-11,14-15,22H,12-13,16H2,1H3,(H,25,28)/t22-/m0/s1. The molecular formula is C23H23ClN2O3S. The van der Waals surface area contributed by atoms with Crippen molar-refractivity contribution in [1.82, 2.24) is 5.32 Å². The van der Waals surface area contributed by atoms with Crippen LogP contribution in [0.4, 0.5) is 5.69 Å². The van der Waals surface area contributed by atoms with E-state index in [4.69, 9.17) is 16.3 Å². The van der Waals surface area contributed by atoms with E-state index in [1.54, 1.807) is 31.4 Å². The lowest BCUT2D eigenvalue weighted by atomic mass is 10.1. The van der Waals surface area contributed by atoms with E-state index < -0.39 is 6.04 Å². The second-order valence-electron chi connectivity index (χ2n) is 6.54. The molecule has 3 rings (SSSR count). The van der Waals surface area contributed by atoms with Crippen molar-refractivity contribution < 1.29 is 14.3 Å². The largest absolute Gasteiger partial charge is 0.497 e. The van der Waals surface area contributed by atoms with Gasteiger partial charge in [0.25, 0.3) is 0 Å². The van der Waals surface area contributed by atoms with Gasteiger partial charge in [-0.05, 0) is 35.6 Å². The molecule has 5 nitrogen and oxygen atoms in total. The number of hydrogen-bond donors (Lipinski definition) is 1. The molecule has 0 bridgehead atoms. The topological polar surface area (TPSA) is 58.6 Å². The third-order valence-corrected chi connectivity index (χ3v) is 5.74. The zero-order chi connectivity index (χ0) is 21.3. The lowest BCUT2D eigenvalue weighted by Crippen LogP contribution is -2.44. The number of anilines is 1. The number of halogens is 1. The number of nitrogens with zero attached hydrogens (tertiary/aromatic N) is 1. The highest BCUT2D eigenvalue weighted by Gasteiger charge is 2.33. The van der Waals surface area contributed by atoms with Crippen LogP contribution in [0.2, 0.25) is 0 Å². The minimum Gasteiger partial charge on any atom is -0.497 e. The normalized spacial score (nSPS) is 11.5. The van der Waals surface area contributed by atoms with Crippen molar-refractivity contribution >= 4 is 40.4 Å². The van der Waals surface area contributed by atoms with Gasteiger partial charge in [-0.25, -0.2) is 0 Å². The summed E-state index contributed by atoms with van der Waals surface area (Å²) in [6, 6.07) is 19.9. The second kappa shape index (κ2) is 10.8. The number of thiophene rings is 1. The van der Waals surface area contributed by atoms with Gasteiger partial charge in [0.2, 0.25) is 11.8 Å². The summed E-state index contributed by atoms with van der Waals surface area (Å²) in [7, 11) is 1.56. The van der Waals surface area contributed by atoms with E-state index >= 15 is 0 Å². The average molecular weight is 443 g/mol. The maximum atomic E-state index is 13.2. The summed E-state index contributed by atoms with van der Waals surface area (Å²) >= 11 is 7.34. The van der Waals surface area contributed by atoms with Gasteiger partial charge >= 0.3 is 0 Å². The summed E-state index contributed by atoms with van der Waals surface area (Å²) in [6.45, 7) is 0.464. The van der Waals surface area contributed by atoms with Crippen molar-refractivity contribution in [1.29, 1.82) is 0 Å². The second-order valence-corrected chi connectivity index (χ2v) is 7.79. The Morgan fingerprint density at radius 1 is 1.10 bits per heavy atom. The van der Waals surface area contributed by atoms with E-state index in [0.717, 1.165) is 10.4 Å². The van der Waals surface area contributed by atoms with E-state index in [1.165, 1.54) is 16.2 Å². The molecule has 2 amide bonds. The molecule has 0 aliphatic carbocycles. The Morgan fingerprint density at radius 2 is 1.90 bits per heavy atom. The first kappa shape index (κ1) is 21.9. The van der Waals surface area contributed by atoms with Crippen LogP contribution >= 0.6 is 22.9 Å². The number of alkyl halides is 1. The highest BCUT2D eigenvalue weighted by molar-refractivity contribution is 7.10. The van der Waals surface area contributed by atoms with Crippen LogP contribution in [0.3, 0.4) is 0 Å². The monoisotopic (exact) mass is 442 g/mol. The molecule has 0 unspecified atom stereocenters. The fourth-order valence-corrected chi connectivity index (χ4v) is 4.10. The number of amides is 2. The number of benzene rings is 2. The van der Waals surface area contributed by atoms with Crippen molar-refractivity contribution in [3.05, 3.63) is 82.6 Å². The van der Waals surface area contributed by atoms with Gasteiger partial charge in [0.05, 0.1) is 7.11 Å². The van der Waals surface area contributed by atoms with Gasteiger partial charge in [-0.1, -0.05) is 42.5 Å². The Bertz CT molecular complexity index is 964. The van der Waals surface area contributed by atoms with Gasteiger partial charge < -0.3 is 10.1 Å². The fraction of sp³-hybridized carbons (Fsp3) is 0.217. The molecule has 1 N–H and O–H groups in total. The average Bonchev–Trinajstić information content (AvgIpc) is 3.31. The van der Waals surface area contributed by atoms with Crippen LogP contribution in [-0.2, 0) is 16.0 Å². The molecule has 1 heterocycles. The predicted octanol–water partition coefficient (Wildman–Crippen LogP) is 4.43. The van der Waals surface area contributed by atoms with E-state index in [-0.39, 0.29) is 17.7 Å². The lowest BCUT2D eigenvalue weighted by Gasteiger charge is -2.30. The Morgan fingerprint density at radius 3 is 2.57 bits per heavy atom. The molecule has 1 aromatic heterocycles. The number of hydrogen-bond acceptors (Lipinski definition) is 4. The highest BCUT2D eigenvalue weighted by Crippen LogP contribution is 2.32. The summed E-state index contributed by atoms with van der Waals surface area (Å²) in [5.74, 6) is -0.262. The van der Waals surface area contributed by atoms with Crippen molar-refractivity contribution in [3.8, 4) is 5.75 Å². The minimum absolute atomic E-state index is 0.240. The molecule has 0 saturated heterocycles. The Balaban J connectivity index is 1.87. The van der Waals surface area contributed by atoms with Gasteiger partial charge in [0.15, 0.2) is 0 Å². The molecule has 0 saturated carbocycles. The first-order valence-corrected chi connectivity index (χ1v) is 10.9. The number of rotatable bonds is 9. The van der Waals surface area contributed by atoms with Crippen molar-refractivity contribution in [2.24, 2.45) is 0 Å². The number of methoxy groups -OCH3 is 1. The first-order chi connectivity index (χ1) is 14.6. The maximum Gasteiger partial charge on any atom is 0.248 e. The molecule has 0 spiro atoms. The zero-order valence-corrected chi connectivity index (χ0v) is 18.2. The molecule has 30 heavy (non-hydrogen) atoms. The Labute approximate surface area is 185 Å². The van der Waals surface area contributed by atoms with E-state index in [0.29, 0.717) is 24.4 Å². The maximum absolute atomic E-state index is 13.2. The number of nitrogens with one attached hydrogen (secondary N) is 1. The molecule has 0 aliphatic rings. The van der Waals surface area contributed by atoms with Crippen LogP contribution in [0, 0.1) is 0 Å². The predicted molar refractivity (Wildman–Crippen MR) is 121 cm³/mol. The third-order valence-electron chi connectivity index (χ3n) is 4.59. The summed E-state index contributed by atoms with van der Waals surface area (Å²) in [4.78, 5) is 28.3. The van der Waals surface area contributed by atoms with Crippen LogP contribution < -0.4 is 15.0 Å². The van der Waals surface area contributed by atoms with Crippen molar-refractivity contribution in [2.45, 2.75) is 12.5 Å². The summed E-state index contributed by atoms with van der Waals surface area (Å²) in [6.07, 6.45) is 0.701. The SMILES string of the molecule is COc1cccc(N(C(=O)CCl)[C@H](C(=O)NCCc2ccccc2)c2cccs2)c1. The van der Waals surface area contributed by atoms with Crippen LogP contribution in [0.5, 0.6) is 5.75 Å². The molecule has 7 heteroatoms. The highest BCUT2D eigenvalue weighted by atomic mass is 35.5. The van der Waals surface area contributed by atoms with Gasteiger partial charge in [0, 0.05) is 23.2 Å². The van der Waals surface area contributed by atoms with Gasteiger partial charge in [-0.3, -0.25) is 14.5 Å². The first-order valence-electron chi connectivity index (χ1n) is 9.51. The molecule has 156 valence electrons. The zero-order valence-electron chi connectivity index (χ0n) is 16.6. The van der Waals surface area contributed by atoms with E-state index in [9.17, 15) is 9.59 Å². The summed E-state index contributed by atoms with van der Waals surface area (Å²) in [5, 5.41) is 4.86. The smallest absolute Gasteiger partial charge is 0.248 e. The number of carbonyl (C=O) groups excluding carboxylic acids is 2. The number of ether oxygens (including phenoxy) is 1. The third kappa shape index (κ3) is 5.40. The van der Waals surface area contributed by atoms with Gasteiger partial charge in [-0.15, -0.1) is 22.9 Å². The van der Waals surface area contributed by atoms with Gasteiger partial charge in [-0.2, -0.15) is 0 Å². The molecule has 0 aliphatic heterocycles. The molecular weight excluding hydrogens is 420 g/mol. The Hall–Kier alpha value is -2.83. The molecule has 3 aromatic rings. The van der Waals surface area contributed by atoms with Crippen LogP contribution in [0.15, 0.2) is 72.1 Å². The van der Waals surface area contributed by atoms with E-state index in [2.05, 4.69) is 5.32 Å². The number of carbonyl (C=O) groups is 2. The quantitative estimate of drug-likeness (QED) is 0.499. The summed E-state index contributed by atoms with van der Waals surface area (Å²) < 4.78 is 5.29.